The zero-order valence-corrected chi connectivity index (χ0v) is 23.4. The molecule has 1 saturated heterocycles. The molecule has 1 aliphatic rings. The lowest BCUT2D eigenvalue weighted by atomic mass is 10.1. The monoisotopic (exact) mass is 679 g/mol. The van der Waals surface area contributed by atoms with E-state index in [1.165, 1.54) is 17.0 Å². The fourth-order valence-electron chi connectivity index (χ4n) is 3.26. The lowest BCUT2D eigenvalue weighted by Crippen LogP contribution is -2.27. The lowest BCUT2D eigenvalue weighted by molar-refractivity contribution is -0.123. The number of carbonyl (C=O) groups excluding carboxylic acids is 2. The van der Waals surface area contributed by atoms with Crippen molar-refractivity contribution >= 4 is 82.7 Å². The van der Waals surface area contributed by atoms with Gasteiger partial charge in [0, 0.05) is 4.47 Å². The van der Waals surface area contributed by atoms with Gasteiger partial charge in [-0.3, -0.25) is 14.5 Å². The highest BCUT2D eigenvalue weighted by atomic mass is 79.9. The van der Waals surface area contributed by atoms with Crippen LogP contribution in [0.1, 0.15) is 27.0 Å². The molecule has 1 heterocycles. The first-order valence-corrected chi connectivity index (χ1v) is 13.3. The summed E-state index contributed by atoms with van der Waals surface area (Å²) in [5, 5.41) is 8.70. The molecule has 3 aromatic carbocycles. The molecule has 1 N–H and O–H groups in total. The summed E-state index contributed by atoms with van der Waals surface area (Å²) in [7, 11) is 0. The minimum absolute atomic E-state index is 0.210. The Morgan fingerprint density at radius 2 is 1.54 bits per heavy atom. The van der Waals surface area contributed by atoms with Gasteiger partial charge in [0.2, 0.25) is 0 Å². The predicted molar refractivity (Wildman–Crippen MR) is 145 cm³/mol. The smallest absolute Gasteiger partial charge is 0.335 e. The normalized spacial score (nSPS) is 14.6. The SMILES string of the molecule is O=C(O)c1ccc(COc2c(Br)cc(/C=C3\SC(=O)N(Cc4ccc(Br)cc4)C3=O)cc2Br)cc1. The number of hydrogen-bond acceptors (Lipinski definition) is 5. The van der Waals surface area contributed by atoms with E-state index in [1.54, 1.807) is 30.3 Å². The molecule has 0 radical (unpaired) electrons. The van der Waals surface area contributed by atoms with Crippen molar-refractivity contribution in [3.63, 3.8) is 0 Å². The molecule has 6 nitrogen and oxygen atoms in total. The standard InChI is InChI=1S/C25H16Br3NO5S/c26-18-7-3-14(4-8-18)12-29-23(30)21(35-25(29)33)11-16-9-19(27)22(20(28)10-16)34-13-15-1-5-17(6-2-15)24(31)32/h1-11H,12-13H2,(H,31,32)/b21-11-. The van der Waals surface area contributed by atoms with E-state index >= 15 is 0 Å². The highest BCUT2D eigenvalue weighted by molar-refractivity contribution is 9.11. The number of carboxylic acid groups (broad SMARTS) is 1. The number of benzene rings is 3. The molecule has 0 aromatic heterocycles. The van der Waals surface area contributed by atoms with Gasteiger partial charge >= 0.3 is 5.97 Å². The van der Waals surface area contributed by atoms with Crippen molar-refractivity contribution in [1.82, 2.24) is 4.90 Å². The van der Waals surface area contributed by atoms with Crippen LogP contribution in [0.25, 0.3) is 6.08 Å². The maximum Gasteiger partial charge on any atom is 0.335 e. The van der Waals surface area contributed by atoms with Gasteiger partial charge in [-0.05, 0) is 103 Å². The van der Waals surface area contributed by atoms with Gasteiger partial charge in [-0.1, -0.05) is 40.2 Å². The van der Waals surface area contributed by atoms with Gasteiger partial charge in [-0.25, -0.2) is 4.79 Å². The molecule has 4 rings (SSSR count). The quantitative estimate of drug-likeness (QED) is 0.260. The number of amides is 2. The molecule has 0 atom stereocenters. The molecule has 0 aliphatic carbocycles. The molecule has 0 bridgehead atoms. The second-order valence-electron chi connectivity index (χ2n) is 7.50. The third-order valence-electron chi connectivity index (χ3n) is 5.03. The fourth-order valence-corrected chi connectivity index (χ4v) is 5.81. The van der Waals surface area contributed by atoms with Crippen LogP contribution in [-0.4, -0.2) is 27.1 Å². The average Bonchev–Trinajstić information content (AvgIpc) is 3.07. The number of carbonyl (C=O) groups is 3. The molecule has 1 fully saturated rings. The summed E-state index contributed by atoms with van der Waals surface area (Å²) in [6.45, 7) is 0.453. The van der Waals surface area contributed by atoms with E-state index in [1.807, 2.05) is 24.3 Å². The molecule has 2 amide bonds. The molecular formula is C25H16Br3NO5S. The summed E-state index contributed by atoms with van der Waals surface area (Å²) in [4.78, 5) is 37.9. The Balaban J connectivity index is 1.47. The summed E-state index contributed by atoms with van der Waals surface area (Å²) in [6.07, 6.45) is 1.68. The molecule has 1 aliphatic heterocycles. The zero-order chi connectivity index (χ0) is 25.1. The van der Waals surface area contributed by atoms with Crippen LogP contribution in [0.5, 0.6) is 5.75 Å². The summed E-state index contributed by atoms with van der Waals surface area (Å²) < 4.78 is 8.16. The first-order valence-electron chi connectivity index (χ1n) is 10.1. The van der Waals surface area contributed by atoms with E-state index in [9.17, 15) is 14.4 Å². The van der Waals surface area contributed by atoms with Crippen LogP contribution in [0, 0.1) is 0 Å². The number of ether oxygens (including phenoxy) is 1. The van der Waals surface area contributed by atoms with Crippen molar-refractivity contribution in [1.29, 1.82) is 0 Å². The predicted octanol–water partition coefficient (Wildman–Crippen LogP) is 7.49. The average molecular weight is 682 g/mol. The van der Waals surface area contributed by atoms with Gasteiger partial charge in [0.15, 0.2) is 0 Å². The number of carboxylic acids is 1. The molecule has 3 aromatic rings. The molecule has 178 valence electrons. The first-order chi connectivity index (χ1) is 16.7. The maximum atomic E-state index is 12.9. The Morgan fingerprint density at radius 1 is 0.943 bits per heavy atom. The minimum atomic E-state index is -0.982. The number of imide groups is 1. The van der Waals surface area contributed by atoms with E-state index in [2.05, 4.69) is 47.8 Å². The van der Waals surface area contributed by atoms with E-state index in [0.717, 1.165) is 32.9 Å². The number of nitrogens with zero attached hydrogens (tertiary/aromatic N) is 1. The largest absolute Gasteiger partial charge is 0.487 e. The van der Waals surface area contributed by atoms with Crippen molar-refractivity contribution in [3.05, 3.63) is 101 Å². The van der Waals surface area contributed by atoms with Crippen LogP contribution in [0.2, 0.25) is 0 Å². The summed E-state index contributed by atoms with van der Waals surface area (Å²) in [5.41, 5.74) is 2.61. The lowest BCUT2D eigenvalue weighted by Gasteiger charge is -2.13. The summed E-state index contributed by atoms with van der Waals surface area (Å²) >= 11 is 11.3. The highest BCUT2D eigenvalue weighted by Gasteiger charge is 2.35. The Hall–Kier alpha value is -2.40. The summed E-state index contributed by atoms with van der Waals surface area (Å²) in [5.74, 6) is -0.752. The molecule has 0 unspecified atom stereocenters. The number of halogens is 3. The van der Waals surface area contributed by atoms with Crippen LogP contribution in [0.3, 0.4) is 0 Å². The van der Waals surface area contributed by atoms with Gasteiger partial charge in [0.25, 0.3) is 11.1 Å². The van der Waals surface area contributed by atoms with Crippen LogP contribution in [0.15, 0.2) is 79.0 Å². The first kappa shape index (κ1) is 25.7. The Morgan fingerprint density at radius 3 is 2.14 bits per heavy atom. The van der Waals surface area contributed by atoms with Gasteiger partial charge in [0.1, 0.15) is 12.4 Å². The third-order valence-corrected chi connectivity index (χ3v) is 7.64. The number of aromatic carboxylic acids is 1. The topological polar surface area (TPSA) is 83.9 Å². The second-order valence-corrected chi connectivity index (χ2v) is 11.1. The second kappa shape index (κ2) is 11.1. The van der Waals surface area contributed by atoms with Gasteiger partial charge in [-0.2, -0.15) is 0 Å². The number of thioether (sulfide) groups is 1. The van der Waals surface area contributed by atoms with Crippen molar-refractivity contribution < 1.29 is 24.2 Å². The van der Waals surface area contributed by atoms with Crippen molar-refractivity contribution in [2.24, 2.45) is 0 Å². The number of hydrogen-bond donors (Lipinski definition) is 1. The van der Waals surface area contributed by atoms with E-state index in [-0.39, 0.29) is 29.9 Å². The van der Waals surface area contributed by atoms with Crippen LogP contribution >= 0.6 is 59.6 Å². The van der Waals surface area contributed by atoms with E-state index in [4.69, 9.17) is 9.84 Å². The van der Waals surface area contributed by atoms with Crippen LogP contribution < -0.4 is 4.74 Å². The minimum Gasteiger partial charge on any atom is -0.487 e. The molecule has 35 heavy (non-hydrogen) atoms. The van der Waals surface area contributed by atoms with Gasteiger partial charge < -0.3 is 9.84 Å². The van der Waals surface area contributed by atoms with Crippen molar-refractivity contribution in [2.45, 2.75) is 13.2 Å². The van der Waals surface area contributed by atoms with Gasteiger partial charge in [-0.15, -0.1) is 0 Å². The molecule has 10 heteroatoms. The van der Waals surface area contributed by atoms with Gasteiger partial charge in [0.05, 0.1) is 26.0 Å². The van der Waals surface area contributed by atoms with Crippen LogP contribution in [-0.2, 0) is 17.9 Å². The molecule has 0 saturated carbocycles. The highest BCUT2D eigenvalue weighted by Crippen LogP contribution is 2.38. The Bertz CT molecular complexity index is 1320. The van der Waals surface area contributed by atoms with E-state index in [0.29, 0.717) is 19.6 Å². The Labute approximate surface area is 230 Å². The van der Waals surface area contributed by atoms with E-state index < -0.39 is 5.97 Å². The third kappa shape index (κ3) is 6.24. The Kier molecular flexibility index (Phi) is 8.16. The zero-order valence-electron chi connectivity index (χ0n) is 17.8. The van der Waals surface area contributed by atoms with Crippen LogP contribution in [0.4, 0.5) is 4.79 Å². The molecular weight excluding hydrogens is 666 g/mol. The summed E-state index contributed by atoms with van der Waals surface area (Å²) in [6, 6.07) is 17.5. The van der Waals surface area contributed by atoms with Crippen molar-refractivity contribution in [2.75, 3.05) is 0 Å². The maximum absolute atomic E-state index is 12.9. The number of rotatable bonds is 7. The fraction of sp³-hybridized carbons (Fsp3) is 0.0800. The van der Waals surface area contributed by atoms with Crippen molar-refractivity contribution in [3.8, 4) is 5.75 Å². The molecule has 0 spiro atoms.